The molecule has 0 aromatic carbocycles. The lowest BCUT2D eigenvalue weighted by atomic mass is 9.96. The van der Waals surface area contributed by atoms with Crippen molar-refractivity contribution in [2.24, 2.45) is 0 Å². The van der Waals surface area contributed by atoms with Crippen LogP contribution in [-0.4, -0.2) is 59.3 Å². The van der Waals surface area contributed by atoms with Crippen molar-refractivity contribution in [1.82, 2.24) is 19.5 Å². The zero-order valence-corrected chi connectivity index (χ0v) is 11.0. The molecular weight excluding hydrogens is 282 g/mol. The number of aliphatic hydroxyl groups excluding tert-OH is 2. The van der Waals surface area contributed by atoms with Gasteiger partial charge in [0.15, 0.2) is 17.4 Å². The molecule has 2 aromatic heterocycles. The highest BCUT2D eigenvalue weighted by molar-refractivity contribution is 5.77. The van der Waals surface area contributed by atoms with Crippen molar-refractivity contribution in [2.75, 3.05) is 12.3 Å². The van der Waals surface area contributed by atoms with Crippen LogP contribution in [0.1, 0.15) is 13.2 Å². The molecule has 21 heavy (non-hydrogen) atoms. The number of nitrogen functional groups attached to an aromatic ring is 1. The summed E-state index contributed by atoms with van der Waals surface area (Å²) < 4.78 is 6.73. The topological polar surface area (TPSA) is 159 Å². The summed E-state index contributed by atoms with van der Waals surface area (Å²) >= 11 is 0. The molecule has 4 unspecified atom stereocenters. The maximum atomic E-state index is 11.7. The molecule has 3 heterocycles. The lowest BCUT2D eigenvalue weighted by Crippen LogP contribution is -2.44. The van der Waals surface area contributed by atoms with Gasteiger partial charge in [-0.25, -0.2) is 4.98 Å². The van der Waals surface area contributed by atoms with Crippen LogP contribution in [0.25, 0.3) is 11.2 Å². The van der Waals surface area contributed by atoms with E-state index in [1.54, 1.807) is 0 Å². The fourth-order valence-corrected chi connectivity index (χ4v) is 2.47. The van der Waals surface area contributed by atoms with E-state index in [4.69, 9.17) is 15.6 Å². The van der Waals surface area contributed by atoms with Gasteiger partial charge in [0, 0.05) is 0 Å². The number of hydrogen-bond acceptors (Lipinski definition) is 8. The molecule has 0 spiro atoms. The summed E-state index contributed by atoms with van der Waals surface area (Å²) in [4.78, 5) is 11.3. The van der Waals surface area contributed by atoms with Crippen LogP contribution in [0.5, 0.6) is 5.88 Å². The smallest absolute Gasteiger partial charge is 0.302 e. The van der Waals surface area contributed by atoms with Gasteiger partial charge in [-0.15, -0.1) is 0 Å². The second-order valence-corrected chi connectivity index (χ2v) is 5.09. The maximum absolute atomic E-state index is 11.7. The van der Waals surface area contributed by atoms with E-state index in [0.29, 0.717) is 0 Å². The number of hydrogen-bond donors (Lipinski definition) is 4. The Morgan fingerprint density at radius 1 is 1.52 bits per heavy atom. The van der Waals surface area contributed by atoms with Crippen molar-refractivity contribution in [1.29, 1.82) is 0 Å². The molecule has 1 fully saturated rings. The minimum absolute atomic E-state index is 0.0226. The summed E-state index contributed by atoms with van der Waals surface area (Å²) in [6.07, 6.45) is -2.11. The first-order valence-electron chi connectivity index (χ1n) is 6.20. The highest BCUT2D eigenvalue weighted by Crippen LogP contribution is 2.39. The van der Waals surface area contributed by atoms with E-state index < -0.39 is 36.5 Å². The summed E-state index contributed by atoms with van der Waals surface area (Å²) in [7, 11) is 0. The molecule has 113 valence electrons. The number of fused-ring (bicyclic) bond motifs is 1. The van der Waals surface area contributed by atoms with Gasteiger partial charge in [-0.05, 0) is 6.92 Å². The van der Waals surface area contributed by atoms with Crippen LogP contribution in [0.4, 0.5) is 5.95 Å². The third kappa shape index (κ3) is 1.92. The van der Waals surface area contributed by atoms with Gasteiger partial charge in [0.25, 0.3) is 0 Å². The molecule has 0 amide bonds. The lowest BCUT2D eigenvalue weighted by Gasteiger charge is -2.27. The third-order valence-corrected chi connectivity index (χ3v) is 3.59. The van der Waals surface area contributed by atoms with Crippen molar-refractivity contribution in [3.63, 3.8) is 0 Å². The van der Waals surface area contributed by atoms with Gasteiger partial charge in [0.1, 0.15) is 17.8 Å². The second-order valence-electron chi connectivity index (χ2n) is 5.09. The molecule has 1 aliphatic heterocycles. The molecule has 3 rings (SSSR count). The third-order valence-electron chi connectivity index (χ3n) is 3.59. The molecule has 10 nitrogen and oxygen atoms in total. The number of nitrogens with two attached hydrogens (primary N) is 1. The van der Waals surface area contributed by atoms with Crippen molar-refractivity contribution in [2.45, 2.75) is 31.0 Å². The summed E-state index contributed by atoms with van der Waals surface area (Å²) in [6, 6.07) is 0. The van der Waals surface area contributed by atoms with Gasteiger partial charge in [-0.3, -0.25) is 9.67 Å². The Kier molecular flexibility index (Phi) is 2.99. The first-order valence-corrected chi connectivity index (χ1v) is 6.20. The number of aromatic nitrogens is 4. The lowest BCUT2D eigenvalue weighted by molar-refractivity contribution is -0.0950. The van der Waals surface area contributed by atoms with E-state index in [1.165, 1.54) is 17.8 Å². The molecule has 1 aliphatic rings. The molecule has 0 aliphatic carbocycles. The van der Waals surface area contributed by atoms with E-state index in [2.05, 4.69) is 15.0 Å². The van der Waals surface area contributed by atoms with Gasteiger partial charge < -0.3 is 25.8 Å². The Labute approximate surface area is 118 Å². The number of ether oxygens (including phenoxy) is 1. The summed E-state index contributed by atoms with van der Waals surface area (Å²) in [5.74, 6) is -0.876. The standard InChI is InChI=1S/C11H14N5O5/c1-11(20)6(18)4(2-17)21-9(11)16-3-13-5-7(16)14-10(12)15-8(5)19/h3-4,6,9,17-18,20H,2H2,1H3,(H2,12,14,15). The van der Waals surface area contributed by atoms with Crippen LogP contribution in [0.2, 0.25) is 0 Å². The van der Waals surface area contributed by atoms with Crippen LogP contribution < -0.4 is 5.73 Å². The second kappa shape index (κ2) is 4.49. The van der Waals surface area contributed by atoms with E-state index in [0.717, 1.165) is 0 Å². The van der Waals surface area contributed by atoms with Gasteiger partial charge in [-0.2, -0.15) is 9.97 Å². The number of imidazole rings is 1. The van der Waals surface area contributed by atoms with E-state index in [-0.39, 0.29) is 17.1 Å². The number of anilines is 1. The summed E-state index contributed by atoms with van der Waals surface area (Å²) in [5, 5.41) is 41.2. The SMILES string of the molecule is CC1(O)C(O)C(CO)OC1n1cnc2c([O])nc(N)nc21. The van der Waals surface area contributed by atoms with Crippen LogP contribution in [-0.2, 0) is 9.84 Å². The average Bonchev–Trinajstić information content (AvgIpc) is 2.91. The number of rotatable bonds is 2. The van der Waals surface area contributed by atoms with Crippen LogP contribution >= 0.6 is 0 Å². The molecule has 5 N–H and O–H groups in total. The van der Waals surface area contributed by atoms with Crippen molar-refractivity contribution in [3.05, 3.63) is 6.33 Å². The fraction of sp³-hybridized carbons (Fsp3) is 0.545. The molecule has 10 heteroatoms. The largest absolute Gasteiger partial charge is 0.394 e. The van der Waals surface area contributed by atoms with Crippen molar-refractivity contribution in [3.8, 4) is 5.88 Å². The van der Waals surface area contributed by atoms with E-state index >= 15 is 0 Å². The zero-order valence-electron chi connectivity index (χ0n) is 11.0. The van der Waals surface area contributed by atoms with Crippen LogP contribution in [0.3, 0.4) is 0 Å². The van der Waals surface area contributed by atoms with Gasteiger partial charge in [0.2, 0.25) is 5.95 Å². The Morgan fingerprint density at radius 3 is 2.86 bits per heavy atom. The first kappa shape index (κ1) is 13.9. The van der Waals surface area contributed by atoms with E-state index in [9.17, 15) is 15.3 Å². The number of aliphatic hydroxyl groups is 3. The molecule has 0 bridgehead atoms. The molecule has 4 atom stereocenters. The highest BCUT2D eigenvalue weighted by atomic mass is 16.6. The highest BCUT2D eigenvalue weighted by Gasteiger charge is 2.53. The van der Waals surface area contributed by atoms with Gasteiger partial charge in [-0.1, -0.05) is 0 Å². The predicted octanol–water partition coefficient (Wildman–Crippen LogP) is -1.45. The summed E-state index contributed by atoms with van der Waals surface area (Å²) in [5.41, 5.74) is 3.80. The predicted molar refractivity (Wildman–Crippen MR) is 67.5 cm³/mol. The van der Waals surface area contributed by atoms with Gasteiger partial charge in [0.05, 0.1) is 12.9 Å². The molecule has 0 saturated carbocycles. The Morgan fingerprint density at radius 2 is 2.24 bits per heavy atom. The molecule has 2 aromatic rings. The minimum atomic E-state index is -1.70. The molecular formula is C11H14N5O5. The van der Waals surface area contributed by atoms with Crippen molar-refractivity contribution >= 4 is 17.1 Å². The van der Waals surface area contributed by atoms with Crippen LogP contribution in [0.15, 0.2) is 6.33 Å². The normalized spacial score (nSPS) is 32.9. The molecule has 1 radical (unpaired) electrons. The van der Waals surface area contributed by atoms with Crippen LogP contribution in [0, 0.1) is 0 Å². The quantitative estimate of drug-likeness (QED) is 0.523. The zero-order chi connectivity index (χ0) is 15.4. The maximum Gasteiger partial charge on any atom is 0.302 e. The number of nitrogens with zero attached hydrogens (tertiary/aromatic N) is 4. The Hall–Kier alpha value is -2.01. The summed E-state index contributed by atoms with van der Waals surface area (Å²) in [6.45, 7) is 0.886. The monoisotopic (exact) mass is 296 g/mol. The minimum Gasteiger partial charge on any atom is -0.394 e. The first-order chi connectivity index (χ1) is 9.86. The van der Waals surface area contributed by atoms with E-state index in [1.807, 2.05) is 0 Å². The Bertz CT molecular complexity index is 687. The Balaban J connectivity index is 2.13. The fourth-order valence-electron chi connectivity index (χ4n) is 2.47. The van der Waals surface area contributed by atoms with Gasteiger partial charge >= 0.3 is 5.88 Å². The molecule has 1 saturated heterocycles. The van der Waals surface area contributed by atoms with Crippen molar-refractivity contribution < 1.29 is 25.2 Å². The average molecular weight is 296 g/mol.